The Labute approximate surface area is 106 Å². The van der Waals surface area contributed by atoms with Crippen molar-refractivity contribution in [1.82, 2.24) is 5.32 Å². The van der Waals surface area contributed by atoms with Crippen LogP contribution in [-0.4, -0.2) is 12.8 Å². The van der Waals surface area contributed by atoms with Gasteiger partial charge in [-0.05, 0) is 24.6 Å². The lowest BCUT2D eigenvalue weighted by Crippen LogP contribution is -2.24. The zero-order valence-corrected chi connectivity index (χ0v) is 10.4. The van der Waals surface area contributed by atoms with Crippen molar-refractivity contribution in [3.05, 3.63) is 22.7 Å². The molecule has 0 aliphatic carbocycles. The Morgan fingerprint density at radius 2 is 2.35 bits per heavy atom. The van der Waals surface area contributed by atoms with E-state index in [9.17, 15) is 0 Å². The fraction of sp³-hybridized carbons (Fsp3) is 0.385. The topological polar surface area (TPSA) is 30.5 Å². The van der Waals surface area contributed by atoms with Crippen LogP contribution in [0.4, 0.5) is 0 Å². The van der Waals surface area contributed by atoms with Crippen molar-refractivity contribution < 1.29 is 9.47 Å². The van der Waals surface area contributed by atoms with Crippen molar-refractivity contribution in [1.29, 1.82) is 0 Å². The molecule has 1 aliphatic rings. The molecule has 2 rings (SSSR count). The van der Waals surface area contributed by atoms with Crippen molar-refractivity contribution in [2.45, 2.75) is 25.9 Å². The maximum Gasteiger partial charge on any atom is 0.231 e. The molecule has 1 aliphatic heterocycles. The average Bonchev–Trinajstić information content (AvgIpc) is 2.75. The van der Waals surface area contributed by atoms with Gasteiger partial charge in [-0.1, -0.05) is 11.6 Å². The highest BCUT2D eigenvalue weighted by Gasteiger charge is 2.18. The van der Waals surface area contributed by atoms with Crippen LogP contribution >= 0.6 is 11.6 Å². The fourth-order valence-corrected chi connectivity index (χ4v) is 1.95. The second-order valence-electron chi connectivity index (χ2n) is 4.00. The number of ether oxygens (including phenoxy) is 2. The first kappa shape index (κ1) is 12.1. The molecule has 0 aromatic heterocycles. The molecule has 0 radical (unpaired) electrons. The van der Waals surface area contributed by atoms with Gasteiger partial charge >= 0.3 is 0 Å². The van der Waals surface area contributed by atoms with Crippen LogP contribution in [0.15, 0.2) is 12.1 Å². The molecule has 0 spiro atoms. The van der Waals surface area contributed by atoms with Gasteiger partial charge in [0, 0.05) is 19.0 Å². The van der Waals surface area contributed by atoms with E-state index in [2.05, 4.69) is 18.2 Å². The zero-order valence-electron chi connectivity index (χ0n) is 9.63. The summed E-state index contributed by atoms with van der Waals surface area (Å²) in [6.07, 6.45) is 5.96. The van der Waals surface area contributed by atoms with Gasteiger partial charge < -0.3 is 14.8 Å². The fourth-order valence-electron chi connectivity index (χ4n) is 1.66. The minimum atomic E-state index is 0.236. The number of hydrogen-bond donors (Lipinski definition) is 1. The summed E-state index contributed by atoms with van der Waals surface area (Å²) in [4.78, 5) is 0. The van der Waals surface area contributed by atoms with E-state index >= 15 is 0 Å². The number of hydrogen-bond acceptors (Lipinski definition) is 3. The molecule has 0 fully saturated rings. The van der Waals surface area contributed by atoms with Crippen molar-refractivity contribution in [3.63, 3.8) is 0 Å². The number of nitrogens with one attached hydrogen (secondary N) is 1. The monoisotopic (exact) mass is 251 g/mol. The Hall–Kier alpha value is -1.37. The normalized spacial score (nSPS) is 14.4. The van der Waals surface area contributed by atoms with Gasteiger partial charge in [0.05, 0.1) is 5.02 Å². The molecule has 1 N–H and O–H groups in total. The zero-order chi connectivity index (χ0) is 12.3. The number of terminal acetylenes is 1. The Kier molecular flexibility index (Phi) is 3.78. The SMILES string of the molecule is C#CCC(C)NCc1cc(Cl)c2c(c1)OCO2. The van der Waals surface area contributed by atoms with Crippen molar-refractivity contribution in [2.24, 2.45) is 0 Å². The third-order valence-corrected chi connectivity index (χ3v) is 2.85. The minimum Gasteiger partial charge on any atom is -0.454 e. The number of rotatable bonds is 4. The summed E-state index contributed by atoms with van der Waals surface area (Å²) in [7, 11) is 0. The standard InChI is InChI=1S/C13H14ClNO2/c1-3-4-9(2)15-7-10-5-11(14)13-12(6-10)16-8-17-13/h1,5-6,9,15H,4,7-8H2,2H3. The molecule has 4 heteroatoms. The molecule has 17 heavy (non-hydrogen) atoms. The molecule has 1 unspecified atom stereocenters. The summed E-state index contributed by atoms with van der Waals surface area (Å²) in [5.41, 5.74) is 1.06. The first-order valence-electron chi connectivity index (χ1n) is 5.45. The Morgan fingerprint density at radius 1 is 1.53 bits per heavy atom. The molecule has 0 saturated carbocycles. The van der Waals surface area contributed by atoms with Gasteiger partial charge in [-0.25, -0.2) is 0 Å². The van der Waals surface area contributed by atoms with E-state index in [-0.39, 0.29) is 12.8 Å². The smallest absolute Gasteiger partial charge is 0.231 e. The van der Waals surface area contributed by atoms with Gasteiger partial charge in [0.2, 0.25) is 6.79 Å². The lowest BCUT2D eigenvalue weighted by Gasteiger charge is -2.11. The molecule has 0 bridgehead atoms. The van der Waals surface area contributed by atoms with Crippen LogP contribution in [0.3, 0.4) is 0 Å². The summed E-state index contributed by atoms with van der Waals surface area (Å²) in [6, 6.07) is 4.10. The van der Waals surface area contributed by atoms with Gasteiger partial charge in [-0.2, -0.15) is 0 Å². The van der Waals surface area contributed by atoms with Crippen LogP contribution in [0, 0.1) is 12.3 Å². The summed E-state index contributed by atoms with van der Waals surface area (Å²) in [5, 5.41) is 3.91. The average molecular weight is 252 g/mol. The van der Waals surface area contributed by atoms with Gasteiger partial charge in [0.15, 0.2) is 11.5 Å². The largest absolute Gasteiger partial charge is 0.454 e. The van der Waals surface area contributed by atoms with Crippen LogP contribution < -0.4 is 14.8 Å². The van der Waals surface area contributed by atoms with Gasteiger partial charge in [-0.15, -0.1) is 12.3 Å². The molecule has 1 atom stereocenters. The number of halogens is 1. The van der Waals surface area contributed by atoms with Crippen molar-refractivity contribution in [2.75, 3.05) is 6.79 Å². The van der Waals surface area contributed by atoms with Crippen LogP contribution in [0.25, 0.3) is 0 Å². The Morgan fingerprint density at radius 3 is 3.12 bits per heavy atom. The van der Waals surface area contributed by atoms with Crippen molar-refractivity contribution >= 4 is 11.6 Å². The van der Waals surface area contributed by atoms with Crippen LogP contribution in [0.5, 0.6) is 11.5 Å². The second kappa shape index (κ2) is 5.31. The third kappa shape index (κ3) is 2.85. The molecular formula is C13H14ClNO2. The van der Waals surface area contributed by atoms with Gasteiger partial charge in [0.1, 0.15) is 0 Å². The molecular weight excluding hydrogens is 238 g/mol. The molecule has 0 saturated heterocycles. The molecule has 3 nitrogen and oxygen atoms in total. The molecule has 0 amide bonds. The van der Waals surface area contributed by atoms with Crippen LogP contribution in [0.1, 0.15) is 18.9 Å². The quantitative estimate of drug-likeness (QED) is 0.835. The van der Waals surface area contributed by atoms with E-state index in [1.54, 1.807) is 0 Å². The maximum atomic E-state index is 6.09. The Balaban J connectivity index is 2.03. The third-order valence-electron chi connectivity index (χ3n) is 2.57. The first-order valence-corrected chi connectivity index (χ1v) is 5.83. The minimum absolute atomic E-state index is 0.236. The summed E-state index contributed by atoms with van der Waals surface area (Å²) in [6.45, 7) is 2.99. The van der Waals surface area contributed by atoms with E-state index in [4.69, 9.17) is 27.5 Å². The lowest BCUT2D eigenvalue weighted by atomic mass is 10.1. The highest BCUT2D eigenvalue weighted by Crippen LogP contribution is 2.39. The van der Waals surface area contributed by atoms with E-state index < -0.39 is 0 Å². The second-order valence-corrected chi connectivity index (χ2v) is 4.41. The van der Waals surface area contributed by atoms with Crippen molar-refractivity contribution in [3.8, 4) is 23.8 Å². The lowest BCUT2D eigenvalue weighted by molar-refractivity contribution is 0.174. The number of fused-ring (bicyclic) bond motifs is 1. The summed E-state index contributed by atoms with van der Waals surface area (Å²) in [5.74, 6) is 3.96. The van der Waals surface area contributed by atoms with Crippen LogP contribution in [0.2, 0.25) is 5.02 Å². The van der Waals surface area contributed by atoms with Crippen LogP contribution in [-0.2, 0) is 6.54 Å². The highest BCUT2D eigenvalue weighted by atomic mass is 35.5. The highest BCUT2D eigenvalue weighted by molar-refractivity contribution is 6.32. The summed E-state index contributed by atoms with van der Waals surface area (Å²) >= 11 is 6.09. The first-order chi connectivity index (χ1) is 8.20. The molecule has 1 heterocycles. The maximum absolute atomic E-state index is 6.09. The molecule has 1 aromatic carbocycles. The van der Waals surface area contributed by atoms with E-state index in [0.29, 0.717) is 29.5 Å². The predicted molar refractivity (Wildman–Crippen MR) is 67.3 cm³/mol. The molecule has 1 aromatic rings. The predicted octanol–water partition coefficient (Wildman–Crippen LogP) is 2.57. The number of benzene rings is 1. The Bertz CT molecular complexity index is 453. The summed E-state index contributed by atoms with van der Waals surface area (Å²) < 4.78 is 10.6. The van der Waals surface area contributed by atoms with E-state index in [1.165, 1.54) is 0 Å². The van der Waals surface area contributed by atoms with E-state index in [0.717, 1.165) is 5.56 Å². The molecule has 90 valence electrons. The van der Waals surface area contributed by atoms with Gasteiger partial charge in [-0.3, -0.25) is 0 Å². The van der Waals surface area contributed by atoms with E-state index in [1.807, 2.05) is 12.1 Å². The van der Waals surface area contributed by atoms with Gasteiger partial charge in [0.25, 0.3) is 0 Å².